The van der Waals surface area contributed by atoms with E-state index in [1.165, 1.54) is 0 Å². The fourth-order valence-corrected chi connectivity index (χ4v) is 2.96. The Morgan fingerprint density at radius 3 is 2.67 bits per heavy atom. The van der Waals surface area contributed by atoms with Crippen LogP contribution in [0.25, 0.3) is 0 Å². The van der Waals surface area contributed by atoms with E-state index in [-0.39, 0.29) is 0 Å². The van der Waals surface area contributed by atoms with Gasteiger partial charge in [0.05, 0.1) is 25.8 Å². The molecular weight excluding hydrogens is 370 g/mol. The minimum atomic E-state index is 0.329. The smallest absolute Gasteiger partial charge is 0.189 e. The Balaban J connectivity index is 1.61. The zero-order valence-electron chi connectivity index (χ0n) is 15.3. The molecule has 8 heteroatoms. The molecule has 3 N–H and O–H groups in total. The van der Waals surface area contributed by atoms with Gasteiger partial charge in [-0.2, -0.15) is 0 Å². The lowest BCUT2D eigenvalue weighted by Gasteiger charge is -2.20. The number of nitrogens with zero attached hydrogens (tertiary/aromatic N) is 1. The molecule has 0 amide bonds. The van der Waals surface area contributed by atoms with Gasteiger partial charge in [-0.05, 0) is 35.4 Å². The van der Waals surface area contributed by atoms with Crippen LogP contribution in [0.5, 0.6) is 23.0 Å². The van der Waals surface area contributed by atoms with Crippen molar-refractivity contribution in [2.24, 2.45) is 10.7 Å². The van der Waals surface area contributed by atoms with E-state index in [1.807, 2.05) is 24.3 Å². The number of fused-ring (bicyclic) bond motifs is 1. The molecule has 1 aliphatic rings. The maximum atomic E-state index is 6.23. The highest BCUT2D eigenvalue weighted by Gasteiger charge is 2.16. The molecule has 1 aliphatic heterocycles. The monoisotopic (exact) mass is 391 g/mol. The third-order valence-electron chi connectivity index (χ3n) is 4.01. The normalized spacial score (nSPS) is 13.2. The molecule has 0 fully saturated rings. The van der Waals surface area contributed by atoms with E-state index in [2.05, 4.69) is 10.3 Å². The van der Waals surface area contributed by atoms with Crippen molar-refractivity contribution < 1.29 is 18.9 Å². The van der Waals surface area contributed by atoms with Crippen LogP contribution in [0.2, 0.25) is 5.02 Å². The summed E-state index contributed by atoms with van der Waals surface area (Å²) < 4.78 is 21.6. The van der Waals surface area contributed by atoms with Crippen molar-refractivity contribution in [1.29, 1.82) is 0 Å². The van der Waals surface area contributed by atoms with Crippen LogP contribution in [0.1, 0.15) is 11.1 Å². The number of methoxy groups -OCH3 is 2. The van der Waals surface area contributed by atoms with E-state index in [1.54, 1.807) is 20.3 Å². The van der Waals surface area contributed by atoms with E-state index in [0.717, 1.165) is 11.1 Å². The van der Waals surface area contributed by atoms with Crippen molar-refractivity contribution in [2.45, 2.75) is 13.1 Å². The summed E-state index contributed by atoms with van der Waals surface area (Å²) in [7, 11) is 3.20. The lowest BCUT2D eigenvalue weighted by molar-refractivity contribution is 0.171. The molecule has 1 heterocycles. The molecule has 0 unspecified atom stereocenters. The maximum Gasteiger partial charge on any atom is 0.189 e. The number of aliphatic imine (C=N–C) groups is 1. The second-order valence-electron chi connectivity index (χ2n) is 5.85. The minimum absolute atomic E-state index is 0.329. The third-order valence-corrected chi connectivity index (χ3v) is 4.29. The Kier molecular flexibility index (Phi) is 6.13. The summed E-state index contributed by atoms with van der Waals surface area (Å²) in [6, 6.07) is 9.34. The van der Waals surface area contributed by atoms with Gasteiger partial charge in [0, 0.05) is 6.54 Å². The molecule has 0 radical (unpaired) electrons. The molecule has 2 aromatic carbocycles. The second kappa shape index (κ2) is 8.73. The number of hydrogen-bond acceptors (Lipinski definition) is 5. The SMILES string of the molecule is COc1ccc(CNC(N)=NCc2cc(Cl)c3c(c2)OCCO3)cc1OC. The Bertz CT molecular complexity index is 842. The van der Waals surface area contributed by atoms with Crippen molar-refractivity contribution in [3.05, 3.63) is 46.5 Å². The summed E-state index contributed by atoms with van der Waals surface area (Å²) in [6.45, 7) is 1.89. The zero-order valence-corrected chi connectivity index (χ0v) is 16.0. The van der Waals surface area contributed by atoms with Crippen molar-refractivity contribution >= 4 is 17.6 Å². The van der Waals surface area contributed by atoms with Gasteiger partial charge in [-0.15, -0.1) is 0 Å². The maximum absolute atomic E-state index is 6.23. The first-order valence-electron chi connectivity index (χ1n) is 8.43. The number of benzene rings is 2. The van der Waals surface area contributed by atoms with E-state index in [0.29, 0.717) is 60.3 Å². The van der Waals surface area contributed by atoms with Crippen molar-refractivity contribution in [3.8, 4) is 23.0 Å². The van der Waals surface area contributed by atoms with E-state index in [9.17, 15) is 0 Å². The van der Waals surface area contributed by atoms with Gasteiger partial charge < -0.3 is 30.0 Å². The Hall–Kier alpha value is -2.80. The zero-order chi connectivity index (χ0) is 19.2. The molecule has 0 aliphatic carbocycles. The first-order valence-corrected chi connectivity index (χ1v) is 8.81. The van der Waals surface area contributed by atoms with Gasteiger partial charge in [-0.3, -0.25) is 0 Å². The van der Waals surface area contributed by atoms with Crippen LogP contribution in [-0.2, 0) is 13.1 Å². The lowest BCUT2D eigenvalue weighted by Crippen LogP contribution is -2.31. The molecule has 2 aromatic rings. The summed E-state index contributed by atoms with van der Waals surface area (Å²) in [5.74, 6) is 2.89. The number of guanidine groups is 1. The number of halogens is 1. The molecule has 0 atom stereocenters. The Morgan fingerprint density at radius 1 is 1.11 bits per heavy atom. The standard InChI is InChI=1S/C19H22ClN3O4/c1-24-15-4-3-12(8-16(15)25-2)10-22-19(21)23-11-13-7-14(20)18-17(9-13)26-5-6-27-18/h3-4,7-9H,5-6,10-11H2,1-2H3,(H3,21,22,23). The highest BCUT2D eigenvalue weighted by atomic mass is 35.5. The van der Waals surface area contributed by atoms with Crippen LogP contribution < -0.4 is 30.0 Å². The molecule has 7 nitrogen and oxygen atoms in total. The van der Waals surface area contributed by atoms with Gasteiger partial charge in [0.15, 0.2) is 29.0 Å². The quantitative estimate of drug-likeness (QED) is 0.581. The summed E-state index contributed by atoms with van der Waals surface area (Å²) >= 11 is 6.23. The van der Waals surface area contributed by atoms with E-state index < -0.39 is 0 Å². The summed E-state index contributed by atoms with van der Waals surface area (Å²) in [5.41, 5.74) is 7.85. The largest absolute Gasteiger partial charge is 0.493 e. The second-order valence-corrected chi connectivity index (χ2v) is 6.25. The lowest BCUT2D eigenvalue weighted by atomic mass is 10.2. The first kappa shape index (κ1) is 19.0. The van der Waals surface area contributed by atoms with E-state index in [4.69, 9.17) is 36.3 Å². The van der Waals surface area contributed by atoms with Crippen molar-refractivity contribution in [2.75, 3.05) is 27.4 Å². The van der Waals surface area contributed by atoms with Crippen LogP contribution in [0.3, 0.4) is 0 Å². The first-order chi connectivity index (χ1) is 13.1. The van der Waals surface area contributed by atoms with Crippen molar-refractivity contribution in [3.63, 3.8) is 0 Å². The Morgan fingerprint density at radius 2 is 1.89 bits per heavy atom. The average molecular weight is 392 g/mol. The summed E-state index contributed by atoms with van der Waals surface area (Å²) in [6.07, 6.45) is 0. The molecule has 0 aromatic heterocycles. The topological polar surface area (TPSA) is 87.3 Å². The molecule has 27 heavy (non-hydrogen) atoms. The van der Waals surface area contributed by atoms with Crippen molar-refractivity contribution in [1.82, 2.24) is 5.32 Å². The van der Waals surface area contributed by atoms with Gasteiger partial charge in [0.25, 0.3) is 0 Å². The van der Waals surface area contributed by atoms with Gasteiger partial charge in [-0.25, -0.2) is 4.99 Å². The average Bonchev–Trinajstić information content (AvgIpc) is 2.70. The third kappa shape index (κ3) is 4.68. The molecule has 0 spiro atoms. The predicted octanol–water partition coefficient (Wildman–Crippen LogP) is 2.73. The predicted molar refractivity (Wildman–Crippen MR) is 104 cm³/mol. The number of hydrogen-bond donors (Lipinski definition) is 2. The van der Waals surface area contributed by atoms with Gasteiger partial charge >= 0.3 is 0 Å². The molecule has 0 bridgehead atoms. The number of nitrogens with two attached hydrogens (primary N) is 1. The molecular formula is C19H22ClN3O4. The Labute approximate surface area is 163 Å². The molecule has 0 saturated carbocycles. The van der Waals surface area contributed by atoms with E-state index >= 15 is 0 Å². The number of rotatable bonds is 6. The highest BCUT2D eigenvalue weighted by Crippen LogP contribution is 2.38. The number of ether oxygens (including phenoxy) is 4. The van der Waals surface area contributed by atoms with Gasteiger partial charge in [0.2, 0.25) is 0 Å². The molecule has 144 valence electrons. The fourth-order valence-electron chi connectivity index (χ4n) is 2.67. The molecule has 0 saturated heterocycles. The highest BCUT2D eigenvalue weighted by molar-refractivity contribution is 6.32. The fraction of sp³-hybridized carbons (Fsp3) is 0.316. The van der Waals surface area contributed by atoms with Crippen LogP contribution in [0, 0.1) is 0 Å². The van der Waals surface area contributed by atoms with Crippen LogP contribution >= 0.6 is 11.6 Å². The van der Waals surface area contributed by atoms with Crippen LogP contribution in [-0.4, -0.2) is 33.4 Å². The van der Waals surface area contributed by atoms with Gasteiger partial charge in [0.1, 0.15) is 13.2 Å². The number of nitrogens with one attached hydrogen (secondary N) is 1. The van der Waals surface area contributed by atoms with Crippen LogP contribution in [0.15, 0.2) is 35.3 Å². The molecule has 3 rings (SSSR count). The summed E-state index contributed by atoms with van der Waals surface area (Å²) in [4.78, 5) is 4.35. The van der Waals surface area contributed by atoms with Gasteiger partial charge in [-0.1, -0.05) is 17.7 Å². The minimum Gasteiger partial charge on any atom is -0.493 e. The summed E-state index contributed by atoms with van der Waals surface area (Å²) in [5, 5.41) is 3.59. The van der Waals surface area contributed by atoms with Crippen LogP contribution in [0.4, 0.5) is 0 Å².